The Morgan fingerprint density at radius 1 is 1.17 bits per heavy atom. The first kappa shape index (κ1) is 11.9. The summed E-state index contributed by atoms with van der Waals surface area (Å²) in [5.74, 6) is 0.651. The molecule has 2 rings (SSSR count). The standard InChI is InChI=1S/C13H10N2O3/c1-17-9-3-8(4-10(5-9)18-2)12-7-15-13(16)11(12)6-14/h3-5,7H,1-2H3. The molecule has 5 nitrogen and oxygen atoms in total. The minimum atomic E-state index is -0.519. The molecule has 1 aromatic rings. The predicted molar refractivity (Wildman–Crippen MR) is 65.6 cm³/mol. The van der Waals surface area contributed by atoms with Crippen LogP contribution >= 0.6 is 0 Å². The number of rotatable bonds is 3. The first-order chi connectivity index (χ1) is 8.69. The van der Waals surface area contributed by atoms with Gasteiger partial charge in [-0.15, -0.1) is 0 Å². The lowest BCUT2D eigenvalue weighted by Gasteiger charge is -2.08. The maximum Gasteiger partial charge on any atom is 0.288 e. The molecule has 0 spiro atoms. The van der Waals surface area contributed by atoms with E-state index in [1.54, 1.807) is 18.2 Å². The van der Waals surface area contributed by atoms with Gasteiger partial charge in [0.1, 0.15) is 23.1 Å². The van der Waals surface area contributed by atoms with Gasteiger partial charge in [0.15, 0.2) is 0 Å². The van der Waals surface area contributed by atoms with Crippen LogP contribution in [0, 0.1) is 11.3 Å². The lowest BCUT2D eigenvalue weighted by Crippen LogP contribution is -1.95. The molecule has 5 heteroatoms. The second-order valence-corrected chi connectivity index (χ2v) is 3.57. The number of carbonyl (C=O) groups excluding carboxylic acids is 1. The zero-order chi connectivity index (χ0) is 13.1. The molecule has 1 amide bonds. The summed E-state index contributed by atoms with van der Waals surface area (Å²) in [5.41, 5.74) is 1.18. The van der Waals surface area contributed by atoms with Gasteiger partial charge in [0, 0.05) is 17.9 Å². The van der Waals surface area contributed by atoms with Crippen molar-refractivity contribution in [1.29, 1.82) is 5.26 Å². The van der Waals surface area contributed by atoms with Crippen LogP contribution in [0.25, 0.3) is 5.57 Å². The zero-order valence-electron chi connectivity index (χ0n) is 9.93. The first-order valence-electron chi connectivity index (χ1n) is 5.16. The molecule has 1 aliphatic rings. The summed E-state index contributed by atoms with van der Waals surface area (Å²) in [6.45, 7) is 0. The first-order valence-corrected chi connectivity index (χ1v) is 5.16. The summed E-state index contributed by atoms with van der Waals surface area (Å²) in [6, 6.07) is 7.02. The Kier molecular flexibility index (Phi) is 3.11. The van der Waals surface area contributed by atoms with Gasteiger partial charge in [0.25, 0.3) is 5.91 Å². The Balaban J connectivity index is 2.58. The SMILES string of the molecule is COc1cc(OC)cc(C2=C(C#N)C(=O)N=C2)c1. The molecule has 0 bridgehead atoms. The molecule has 0 saturated carbocycles. The molecule has 0 fully saturated rings. The van der Waals surface area contributed by atoms with E-state index in [0.29, 0.717) is 22.6 Å². The van der Waals surface area contributed by atoms with Crippen LogP contribution in [0.4, 0.5) is 0 Å². The Bertz CT molecular complexity index is 587. The second kappa shape index (κ2) is 4.72. The van der Waals surface area contributed by atoms with E-state index in [1.165, 1.54) is 20.4 Å². The number of nitrogens with zero attached hydrogens (tertiary/aromatic N) is 2. The summed E-state index contributed by atoms with van der Waals surface area (Å²) < 4.78 is 10.3. The van der Waals surface area contributed by atoms with Gasteiger partial charge in [-0.25, -0.2) is 4.99 Å². The third-order valence-electron chi connectivity index (χ3n) is 2.57. The molecule has 90 valence electrons. The van der Waals surface area contributed by atoms with E-state index in [2.05, 4.69) is 4.99 Å². The van der Waals surface area contributed by atoms with Gasteiger partial charge >= 0.3 is 0 Å². The van der Waals surface area contributed by atoms with Gasteiger partial charge in [-0.2, -0.15) is 5.26 Å². The lowest BCUT2D eigenvalue weighted by molar-refractivity contribution is -0.113. The topological polar surface area (TPSA) is 71.7 Å². The Morgan fingerprint density at radius 2 is 1.78 bits per heavy atom. The number of hydrogen-bond acceptors (Lipinski definition) is 4. The second-order valence-electron chi connectivity index (χ2n) is 3.57. The maximum absolute atomic E-state index is 11.4. The molecule has 0 N–H and O–H groups in total. The van der Waals surface area contributed by atoms with E-state index in [1.807, 2.05) is 6.07 Å². The molecular formula is C13H10N2O3. The molecule has 1 aromatic carbocycles. The van der Waals surface area contributed by atoms with Crippen molar-refractivity contribution in [3.05, 3.63) is 29.3 Å². The van der Waals surface area contributed by atoms with E-state index in [0.717, 1.165) is 0 Å². The number of benzene rings is 1. The molecule has 0 unspecified atom stereocenters. The zero-order valence-corrected chi connectivity index (χ0v) is 9.93. The number of allylic oxidation sites excluding steroid dienone is 1. The van der Waals surface area contributed by atoms with Crippen molar-refractivity contribution in [3.8, 4) is 17.6 Å². The van der Waals surface area contributed by atoms with Crippen molar-refractivity contribution in [3.63, 3.8) is 0 Å². The monoisotopic (exact) mass is 242 g/mol. The highest BCUT2D eigenvalue weighted by atomic mass is 16.5. The highest BCUT2D eigenvalue weighted by Gasteiger charge is 2.21. The Morgan fingerprint density at radius 3 is 2.28 bits per heavy atom. The fourth-order valence-electron chi connectivity index (χ4n) is 1.66. The predicted octanol–water partition coefficient (Wildman–Crippen LogP) is 1.59. The number of amides is 1. The largest absolute Gasteiger partial charge is 0.497 e. The number of methoxy groups -OCH3 is 2. The Labute approximate surface area is 104 Å². The molecule has 1 heterocycles. The van der Waals surface area contributed by atoms with Crippen molar-refractivity contribution in [2.24, 2.45) is 4.99 Å². The van der Waals surface area contributed by atoms with E-state index < -0.39 is 5.91 Å². The average molecular weight is 242 g/mol. The molecule has 1 aliphatic heterocycles. The van der Waals surface area contributed by atoms with Crippen molar-refractivity contribution in [2.75, 3.05) is 14.2 Å². The highest BCUT2D eigenvalue weighted by Crippen LogP contribution is 2.29. The molecule has 18 heavy (non-hydrogen) atoms. The van der Waals surface area contributed by atoms with Gasteiger partial charge in [-0.1, -0.05) is 0 Å². The minimum absolute atomic E-state index is 0.0327. The van der Waals surface area contributed by atoms with Gasteiger partial charge in [-0.3, -0.25) is 4.79 Å². The normalized spacial score (nSPS) is 13.7. The van der Waals surface area contributed by atoms with Crippen molar-refractivity contribution in [1.82, 2.24) is 0 Å². The molecule has 0 saturated heterocycles. The van der Waals surface area contributed by atoms with Crippen LogP contribution in [-0.4, -0.2) is 26.3 Å². The number of carbonyl (C=O) groups is 1. The molecule has 0 atom stereocenters. The highest BCUT2D eigenvalue weighted by molar-refractivity contribution is 6.29. The van der Waals surface area contributed by atoms with E-state index in [4.69, 9.17) is 14.7 Å². The third-order valence-corrected chi connectivity index (χ3v) is 2.57. The van der Waals surface area contributed by atoms with Gasteiger partial charge in [0.05, 0.1) is 14.2 Å². The number of hydrogen-bond donors (Lipinski definition) is 0. The van der Waals surface area contributed by atoms with Crippen LogP contribution in [0.3, 0.4) is 0 Å². The van der Waals surface area contributed by atoms with Crippen LogP contribution in [-0.2, 0) is 4.79 Å². The van der Waals surface area contributed by atoms with Crippen LogP contribution in [0.15, 0.2) is 28.8 Å². The minimum Gasteiger partial charge on any atom is -0.497 e. The van der Waals surface area contributed by atoms with Crippen LogP contribution in [0.1, 0.15) is 5.56 Å². The molecule has 0 radical (unpaired) electrons. The summed E-state index contributed by atoms with van der Waals surface area (Å²) in [6.07, 6.45) is 1.38. The number of nitriles is 1. The maximum atomic E-state index is 11.4. The van der Waals surface area contributed by atoms with Crippen molar-refractivity contribution < 1.29 is 14.3 Å². The molecule has 0 aromatic heterocycles. The summed E-state index contributed by atoms with van der Waals surface area (Å²) in [5, 5.41) is 8.95. The number of aliphatic imine (C=N–C) groups is 1. The smallest absolute Gasteiger partial charge is 0.288 e. The van der Waals surface area contributed by atoms with Gasteiger partial charge in [0.2, 0.25) is 0 Å². The fourth-order valence-corrected chi connectivity index (χ4v) is 1.66. The van der Waals surface area contributed by atoms with E-state index >= 15 is 0 Å². The molecule has 0 aliphatic carbocycles. The van der Waals surface area contributed by atoms with Gasteiger partial charge < -0.3 is 9.47 Å². The quantitative estimate of drug-likeness (QED) is 0.806. The molecular weight excluding hydrogens is 232 g/mol. The van der Waals surface area contributed by atoms with E-state index in [-0.39, 0.29) is 5.57 Å². The summed E-state index contributed by atoms with van der Waals surface area (Å²) in [7, 11) is 3.07. The average Bonchev–Trinajstić information content (AvgIpc) is 2.79. The van der Waals surface area contributed by atoms with Crippen LogP contribution < -0.4 is 9.47 Å². The van der Waals surface area contributed by atoms with Gasteiger partial charge in [-0.05, 0) is 17.7 Å². The van der Waals surface area contributed by atoms with Crippen molar-refractivity contribution in [2.45, 2.75) is 0 Å². The summed E-state index contributed by atoms with van der Waals surface area (Å²) >= 11 is 0. The Hall–Kier alpha value is -2.61. The lowest BCUT2D eigenvalue weighted by atomic mass is 10.0. The van der Waals surface area contributed by atoms with Crippen LogP contribution in [0.5, 0.6) is 11.5 Å². The van der Waals surface area contributed by atoms with Crippen molar-refractivity contribution >= 4 is 17.7 Å². The fraction of sp³-hybridized carbons (Fsp3) is 0.154. The van der Waals surface area contributed by atoms with E-state index in [9.17, 15) is 4.79 Å². The number of ether oxygens (including phenoxy) is 2. The summed E-state index contributed by atoms with van der Waals surface area (Å²) in [4.78, 5) is 15.0. The third kappa shape index (κ3) is 1.96. The van der Waals surface area contributed by atoms with Crippen LogP contribution in [0.2, 0.25) is 0 Å².